The molecule has 1 N–H and O–H groups in total. The van der Waals surface area contributed by atoms with Gasteiger partial charge in [-0.2, -0.15) is 0 Å². The first-order valence-corrected chi connectivity index (χ1v) is 8.78. The topological polar surface area (TPSA) is 52.7 Å². The Kier molecular flexibility index (Phi) is 7.06. The maximum atomic E-state index is 12.0. The maximum Gasteiger partial charge on any atom is 0.222 e. The standard InChI is InChI=1S/C18H26ClN3O2/c1-21(2)18(24)10-9-17(23)20-16-4-3-11-22(13-16)12-14-5-7-15(19)8-6-14/h5-8,16H,3-4,9-13H2,1-2H3,(H,20,23). The number of hydrogen-bond donors (Lipinski definition) is 1. The largest absolute Gasteiger partial charge is 0.352 e. The molecular weight excluding hydrogens is 326 g/mol. The number of nitrogens with one attached hydrogen (secondary N) is 1. The molecule has 0 aromatic heterocycles. The van der Waals surface area contributed by atoms with Gasteiger partial charge in [-0.05, 0) is 37.1 Å². The van der Waals surface area contributed by atoms with E-state index in [0.29, 0.717) is 0 Å². The number of likely N-dealkylation sites (tertiary alicyclic amines) is 1. The van der Waals surface area contributed by atoms with Crippen LogP contribution in [-0.4, -0.2) is 54.8 Å². The highest BCUT2D eigenvalue weighted by Gasteiger charge is 2.21. The Balaban J connectivity index is 1.77. The van der Waals surface area contributed by atoms with Crippen LogP contribution in [0, 0.1) is 0 Å². The van der Waals surface area contributed by atoms with Crippen molar-refractivity contribution in [3.8, 4) is 0 Å². The van der Waals surface area contributed by atoms with Crippen LogP contribution >= 0.6 is 11.6 Å². The zero-order valence-corrected chi connectivity index (χ0v) is 15.2. The molecule has 1 heterocycles. The molecule has 1 aromatic rings. The SMILES string of the molecule is CN(C)C(=O)CCC(=O)NC1CCCN(Cc2ccc(Cl)cc2)C1. The van der Waals surface area contributed by atoms with Crippen LogP contribution in [0.1, 0.15) is 31.2 Å². The number of rotatable bonds is 6. The van der Waals surface area contributed by atoms with Crippen LogP contribution in [0.15, 0.2) is 24.3 Å². The van der Waals surface area contributed by atoms with Crippen LogP contribution in [0.4, 0.5) is 0 Å². The molecule has 0 radical (unpaired) electrons. The van der Waals surface area contributed by atoms with Crippen molar-refractivity contribution in [2.45, 2.75) is 38.3 Å². The zero-order chi connectivity index (χ0) is 17.5. The average molecular weight is 352 g/mol. The molecule has 132 valence electrons. The fraction of sp³-hybridized carbons (Fsp3) is 0.556. The number of benzene rings is 1. The van der Waals surface area contributed by atoms with Crippen molar-refractivity contribution >= 4 is 23.4 Å². The van der Waals surface area contributed by atoms with Gasteiger partial charge in [0.1, 0.15) is 0 Å². The number of nitrogens with zero attached hydrogens (tertiary/aromatic N) is 2. The molecule has 0 bridgehead atoms. The smallest absolute Gasteiger partial charge is 0.222 e. The van der Waals surface area contributed by atoms with E-state index in [0.717, 1.165) is 37.5 Å². The second kappa shape index (κ2) is 9.04. The summed E-state index contributed by atoms with van der Waals surface area (Å²) >= 11 is 5.92. The lowest BCUT2D eigenvalue weighted by molar-refractivity contribution is -0.131. The summed E-state index contributed by atoms with van der Waals surface area (Å²) in [5.41, 5.74) is 1.22. The first-order valence-electron chi connectivity index (χ1n) is 8.40. The number of carbonyl (C=O) groups excluding carboxylic acids is 2. The molecule has 0 aliphatic carbocycles. The van der Waals surface area contributed by atoms with Crippen LogP contribution in [0.25, 0.3) is 0 Å². The zero-order valence-electron chi connectivity index (χ0n) is 14.4. The van der Waals surface area contributed by atoms with Crippen LogP contribution in [-0.2, 0) is 16.1 Å². The predicted octanol–water partition coefficient (Wildman–Crippen LogP) is 2.29. The monoisotopic (exact) mass is 351 g/mol. The Labute approximate surface area is 149 Å². The minimum absolute atomic E-state index is 0.0156. The third-order valence-corrected chi connectivity index (χ3v) is 4.51. The van der Waals surface area contributed by atoms with E-state index < -0.39 is 0 Å². The third kappa shape index (κ3) is 6.13. The van der Waals surface area contributed by atoms with E-state index in [-0.39, 0.29) is 30.7 Å². The van der Waals surface area contributed by atoms with Crippen molar-refractivity contribution < 1.29 is 9.59 Å². The van der Waals surface area contributed by atoms with Gasteiger partial charge in [0.15, 0.2) is 0 Å². The maximum absolute atomic E-state index is 12.0. The van der Waals surface area contributed by atoms with Gasteiger partial charge in [-0.25, -0.2) is 0 Å². The van der Waals surface area contributed by atoms with Crippen molar-refractivity contribution in [1.29, 1.82) is 0 Å². The molecule has 6 heteroatoms. The Hall–Kier alpha value is -1.59. The molecule has 0 spiro atoms. The predicted molar refractivity (Wildman–Crippen MR) is 95.8 cm³/mol. The summed E-state index contributed by atoms with van der Waals surface area (Å²) in [6, 6.07) is 8.05. The first kappa shape index (κ1) is 18.7. The van der Waals surface area contributed by atoms with E-state index in [1.807, 2.05) is 24.3 Å². The second-order valence-corrected chi connectivity index (χ2v) is 6.99. The van der Waals surface area contributed by atoms with Crippen LogP contribution in [0.2, 0.25) is 5.02 Å². The van der Waals surface area contributed by atoms with Crippen LogP contribution < -0.4 is 5.32 Å². The normalized spacial score (nSPS) is 18.2. The van der Waals surface area contributed by atoms with E-state index in [9.17, 15) is 9.59 Å². The van der Waals surface area contributed by atoms with Gasteiger partial charge in [0.2, 0.25) is 11.8 Å². The summed E-state index contributed by atoms with van der Waals surface area (Å²) < 4.78 is 0. The molecule has 1 aromatic carbocycles. The highest BCUT2D eigenvalue weighted by molar-refractivity contribution is 6.30. The van der Waals surface area contributed by atoms with Gasteiger partial charge in [0.25, 0.3) is 0 Å². The third-order valence-electron chi connectivity index (χ3n) is 4.25. The molecule has 1 aliphatic rings. The van der Waals surface area contributed by atoms with Gasteiger partial charge in [-0.15, -0.1) is 0 Å². The summed E-state index contributed by atoms with van der Waals surface area (Å²) in [5.74, 6) is -0.0540. The fourth-order valence-corrected chi connectivity index (χ4v) is 3.03. The quantitative estimate of drug-likeness (QED) is 0.855. The van der Waals surface area contributed by atoms with Crippen LogP contribution in [0.5, 0.6) is 0 Å². The lowest BCUT2D eigenvalue weighted by atomic mass is 10.0. The fourth-order valence-electron chi connectivity index (χ4n) is 2.91. The molecule has 5 nitrogen and oxygen atoms in total. The summed E-state index contributed by atoms with van der Waals surface area (Å²) in [7, 11) is 3.41. The first-order chi connectivity index (χ1) is 11.4. The molecule has 1 saturated heterocycles. The Bertz CT molecular complexity index is 560. The summed E-state index contributed by atoms with van der Waals surface area (Å²) in [6.45, 7) is 2.74. The molecule has 1 unspecified atom stereocenters. The molecule has 1 atom stereocenters. The van der Waals surface area contributed by atoms with Crippen molar-refractivity contribution in [3.05, 3.63) is 34.9 Å². The molecule has 2 rings (SSSR count). The molecule has 24 heavy (non-hydrogen) atoms. The van der Waals surface area contributed by atoms with E-state index in [4.69, 9.17) is 11.6 Å². The number of piperidine rings is 1. The lowest BCUT2D eigenvalue weighted by Crippen LogP contribution is -2.47. The highest BCUT2D eigenvalue weighted by atomic mass is 35.5. The minimum atomic E-state index is -0.0384. The van der Waals surface area contributed by atoms with Gasteiger partial charge in [-0.3, -0.25) is 14.5 Å². The molecular formula is C18H26ClN3O2. The second-order valence-electron chi connectivity index (χ2n) is 6.56. The number of halogens is 1. The molecule has 2 amide bonds. The average Bonchev–Trinajstić information content (AvgIpc) is 2.55. The Morgan fingerprint density at radius 1 is 1.25 bits per heavy atom. The molecule has 1 fully saturated rings. The van der Waals surface area contributed by atoms with Gasteiger partial charge in [-0.1, -0.05) is 23.7 Å². The van der Waals surface area contributed by atoms with E-state index >= 15 is 0 Å². The van der Waals surface area contributed by atoms with Crippen LogP contribution in [0.3, 0.4) is 0 Å². The highest BCUT2D eigenvalue weighted by Crippen LogP contribution is 2.16. The molecule has 0 saturated carbocycles. The summed E-state index contributed by atoms with van der Waals surface area (Å²) in [6.07, 6.45) is 2.57. The van der Waals surface area contributed by atoms with Crippen molar-refractivity contribution in [2.24, 2.45) is 0 Å². The van der Waals surface area contributed by atoms with Crippen molar-refractivity contribution in [2.75, 3.05) is 27.2 Å². The van der Waals surface area contributed by atoms with Gasteiger partial charge in [0.05, 0.1) is 0 Å². The summed E-state index contributed by atoms with van der Waals surface area (Å²) in [4.78, 5) is 27.4. The van der Waals surface area contributed by atoms with Gasteiger partial charge >= 0.3 is 0 Å². The van der Waals surface area contributed by atoms with Crippen molar-refractivity contribution in [3.63, 3.8) is 0 Å². The van der Waals surface area contributed by atoms with E-state index in [2.05, 4.69) is 10.2 Å². The number of hydrogen-bond acceptors (Lipinski definition) is 3. The Morgan fingerprint density at radius 2 is 1.96 bits per heavy atom. The van der Waals surface area contributed by atoms with E-state index in [1.54, 1.807) is 14.1 Å². The molecule has 1 aliphatic heterocycles. The van der Waals surface area contributed by atoms with Gasteiger partial charge < -0.3 is 10.2 Å². The van der Waals surface area contributed by atoms with Crippen molar-refractivity contribution in [1.82, 2.24) is 15.1 Å². The lowest BCUT2D eigenvalue weighted by Gasteiger charge is -2.33. The Morgan fingerprint density at radius 3 is 2.62 bits per heavy atom. The van der Waals surface area contributed by atoms with E-state index in [1.165, 1.54) is 10.5 Å². The number of amides is 2. The van der Waals surface area contributed by atoms with Gasteiger partial charge in [0, 0.05) is 51.1 Å². The summed E-state index contributed by atoms with van der Waals surface area (Å²) in [5, 5.41) is 3.81. The minimum Gasteiger partial charge on any atom is -0.352 e. The number of carbonyl (C=O) groups is 2.